The molecule has 102 valence electrons. The predicted octanol–water partition coefficient (Wildman–Crippen LogP) is 2.21. The molecule has 0 spiro atoms. The van der Waals surface area contributed by atoms with Crippen molar-refractivity contribution in [3.05, 3.63) is 0 Å². The van der Waals surface area contributed by atoms with E-state index in [9.17, 15) is 8.42 Å². The maximum Gasteiger partial charge on any atom is 0.282 e. The second kappa shape index (κ2) is 6.50. The standard InChI is InChI=1S/C11H23BrN2O2S/c1-10(2)13(9-7-12)17(15,16)14-8-5-4-6-11(14)3/h10-11H,4-9H2,1-3H3. The van der Waals surface area contributed by atoms with Crippen LogP contribution in [-0.4, -0.2) is 47.5 Å². The molecular formula is C11H23BrN2O2S. The van der Waals surface area contributed by atoms with E-state index in [-0.39, 0.29) is 12.1 Å². The van der Waals surface area contributed by atoms with Gasteiger partial charge < -0.3 is 0 Å². The van der Waals surface area contributed by atoms with Crippen LogP contribution in [0.15, 0.2) is 0 Å². The summed E-state index contributed by atoms with van der Waals surface area (Å²) in [4.78, 5) is 0. The van der Waals surface area contributed by atoms with Crippen molar-refractivity contribution >= 4 is 26.1 Å². The summed E-state index contributed by atoms with van der Waals surface area (Å²) in [7, 11) is -3.30. The monoisotopic (exact) mass is 326 g/mol. The Bertz CT molecular complexity index is 322. The van der Waals surface area contributed by atoms with E-state index in [1.54, 1.807) is 8.61 Å². The maximum atomic E-state index is 12.6. The van der Waals surface area contributed by atoms with Gasteiger partial charge in [0.15, 0.2) is 0 Å². The van der Waals surface area contributed by atoms with E-state index in [2.05, 4.69) is 15.9 Å². The molecule has 4 nitrogen and oxygen atoms in total. The van der Waals surface area contributed by atoms with Crippen molar-refractivity contribution in [2.75, 3.05) is 18.4 Å². The quantitative estimate of drug-likeness (QED) is 0.727. The van der Waals surface area contributed by atoms with Crippen LogP contribution in [0.3, 0.4) is 0 Å². The lowest BCUT2D eigenvalue weighted by Crippen LogP contribution is -2.52. The number of hydrogen-bond donors (Lipinski definition) is 0. The second-order valence-corrected chi connectivity index (χ2v) is 7.48. The van der Waals surface area contributed by atoms with Crippen LogP contribution in [0.4, 0.5) is 0 Å². The van der Waals surface area contributed by atoms with Crippen LogP contribution in [0.25, 0.3) is 0 Å². The molecule has 0 aromatic rings. The van der Waals surface area contributed by atoms with E-state index < -0.39 is 10.2 Å². The average Bonchev–Trinajstić information content (AvgIpc) is 2.25. The molecule has 0 aromatic carbocycles. The van der Waals surface area contributed by atoms with Crippen LogP contribution in [-0.2, 0) is 10.2 Å². The van der Waals surface area contributed by atoms with E-state index >= 15 is 0 Å². The van der Waals surface area contributed by atoms with Gasteiger partial charge >= 0.3 is 0 Å². The fourth-order valence-corrected chi connectivity index (χ4v) is 4.93. The van der Waals surface area contributed by atoms with E-state index in [1.165, 1.54) is 0 Å². The van der Waals surface area contributed by atoms with Gasteiger partial charge in [0, 0.05) is 30.5 Å². The van der Waals surface area contributed by atoms with Crippen LogP contribution < -0.4 is 0 Å². The van der Waals surface area contributed by atoms with Gasteiger partial charge in [0.05, 0.1) is 0 Å². The molecule has 1 rings (SSSR count). The minimum Gasteiger partial charge on any atom is -0.195 e. The summed E-state index contributed by atoms with van der Waals surface area (Å²) in [6.07, 6.45) is 3.08. The molecule has 6 heteroatoms. The van der Waals surface area contributed by atoms with Gasteiger partial charge in [-0.2, -0.15) is 17.0 Å². The average molecular weight is 327 g/mol. The fourth-order valence-electron chi connectivity index (χ4n) is 2.27. The van der Waals surface area contributed by atoms with Gasteiger partial charge in [-0.3, -0.25) is 0 Å². The van der Waals surface area contributed by atoms with Crippen molar-refractivity contribution in [2.24, 2.45) is 0 Å². The van der Waals surface area contributed by atoms with E-state index in [0.29, 0.717) is 18.4 Å². The first-order valence-electron chi connectivity index (χ1n) is 6.25. The highest BCUT2D eigenvalue weighted by Gasteiger charge is 2.35. The summed E-state index contributed by atoms with van der Waals surface area (Å²) in [5, 5.41) is 0.673. The third kappa shape index (κ3) is 3.66. The summed E-state index contributed by atoms with van der Waals surface area (Å²) < 4.78 is 28.4. The van der Waals surface area contributed by atoms with Gasteiger partial charge in [-0.15, -0.1) is 0 Å². The Kier molecular flexibility index (Phi) is 5.89. The largest absolute Gasteiger partial charge is 0.282 e. The van der Waals surface area contributed by atoms with Crippen LogP contribution in [0, 0.1) is 0 Å². The van der Waals surface area contributed by atoms with E-state index in [1.807, 2.05) is 20.8 Å². The summed E-state index contributed by atoms with van der Waals surface area (Å²) in [6, 6.07) is 0.136. The highest BCUT2D eigenvalue weighted by Crippen LogP contribution is 2.23. The first-order valence-corrected chi connectivity index (χ1v) is 8.77. The van der Waals surface area contributed by atoms with Gasteiger partial charge in [0.1, 0.15) is 0 Å². The molecule has 1 saturated heterocycles. The highest BCUT2D eigenvalue weighted by atomic mass is 79.9. The molecule has 0 radical (unpaired) electrons. The van der Waals surface area contributed by atoms with E-state index in [0.717, 1.165) is 19.3 Å². The number of rotatable bonds is 5. The van der Waals surface area contributed by atoms with Crippen molar-refractivity contribution in [3.8, 4) is 0 Å². The Morgan fingerprint density at radius 3 is 2.53 bits per heavy atom. The predicted molar refractivity (Wildman–Crippen MR) is 74.6 cm³/mol. The molecule has 1 atom stereocenters. The SMILES string of the molecule is CC(C)N(CCBr)S(=O)(=O)N1CCCCC1C. The molecule has 0 amide bonds. The molecule has 0 N–H and O–H groups in total. The first-order chi connectivity index (χ1) is 7.91. The topological polar surface area (TPSA) is 40.6 Å². The maximum absolute atomic E-state index is 12.6. The molecule has 0 aromatic heterocycles. The summed E-state index contributed by atoms with van der Waals surface area (Å²) in [5.74, 6) is 0. The third-order valence-corrected chi connectivity index (χ3v) is 5.90. The van der Waals surface area contributed by atoms with Crippen molar-refractivity contribution in [1.82, 2.24) is 8.61 Å². The van der Waals surface area contributed by atoms with Crippen LogP contribution in [0.5, 0.6) is 0 Å². The van der Waals surface area contributed by atoms with Crippen molar-refractivity contribution in [2.45, 2.75) is 52.1 Å². The highest BCUT2D eigenvalue weighted by molar-refractivity contribution is 9.09. The Hall–Kier alpha value is 0.350. The van der Waals surface area contributed by atoms with E-state index in [4.69, 9.17) is 0 Å². The lowest BCUT2D eigenvalue weighted by atomic mass is 10.1. The van der Waals surface area contributed by atoms with Gasteiger partial charge in [0.25, 0.3) is 10.2 Å². The number of alkyl halides is 1. The Morgan fingerprint density at radius 1 is 1.41 bits per heavy atom. The van der Waals surface area contributed by atoms with Crippen molar-refractivity contribution in [3.63, 3.8) is 0 Å². The van der Waals surface area contributed by atoms with Crippen LogP contribution in [0.1, 0.15) is 40.0 Å². The van der Waals surface area contributed by atoms with Crippen LogP contribution >= 0.6 is 15.9 Å². The number of halogens is 1. The van der Waals surface area contributed by atoms with Gasteiger partial charge in [-0.1, -0.05) is 22.4 Å². The zero-order chi connectivity index (χ0) is 13.1. The zero-order valence-electron chi connectivity index (χ0n) is 10.9. The normalized spacial score (nSPS) is 23.5. The van der Waals surface area contributed by atoms with Gasteiger partial charge in [-0.25, -0.2) is 0 Å². The molecule has 1 heterocycles. The summed E-state index contributed by atoms with van der Waals surface area (Å²) in [6.45, 7) is 7.05. The summed E-state index contributed by atoms with van der Waals surface area (Å²) >= 11 is 3.33. The second-order valence-electron chi connectivity index (χ2n) is 4.86. The number of hydrogen-bond acceptors (Lipinski definition) is 2. The molecule has 0 bridgehead atoms. The molecule has 0 aliphatic carbocycles. The number of piperidine rings is 1. The zero-order valence-corrected chi connectivity index (χ0v) is 13.3. The molecule has 17 heavy (non-hydrogen) atoms. The Balaban J connectivity index is 2.90. The smallest absolute Gasteiger partial charge is 0.195 e. The molecule has 1 fully saturated rings. The van der Waals surface area contributed by atoms with Crippen LogP contribution in [0.2, 0.25) is 0 Å². The molecule has 1 aliphatic heterocycles. The minimum absolute atomic E-state index is 0.00618. The van der Waals surface area contributed by atoms with Gasteiger partial charge in [-0.05, 0) is 33.6 Å². The molecule has 1 unspecified atom stereocenters. The van der Waals surface area contributed by atoms with Crippen molar-refractivity contribution < 1.29 is 8.42 Å². The van der Waals surface area contributed by atoms with Crippen molar-refractivity contribution in [1.29, 1.82) is 0 Å². The Morgan fingerprint density at radius 2 is 2.06 bits per heavy atom. The fraction of sp³-hybridized carbons (Fsp3) is 1.00. The molecule has 0 saturated carbocycles. The lowest BCUT2D eigenvalue weighted by molar-refractivity contribution is 0.237. The minimum atomic E-state index is -3.30. The summed E-state index contributed by atoms with van der Waals surface area (Å²) in [5.41, 5.74) is 0. The Labute approximate surface area is 114 Å². The number of nitrogens with zero attached hydrogens (tertiary/aromatic N) is 2. The lowest BCUT2D eigenvalue weighted by Gasteiger charge is -2.37. The third-order valence-electron chi connectivity index (χ3n) is 3.22. The van der Waals surface area contributed by atoms with Gasteiger partial charge in [0.2, 0.25) is 0 Å². The first kappa shape index (κ1) is 15.4. The molecular weight excluding hydrogens is 304 g/mol. The molecule has 1 aliphatic rings.